The van der Waals surface area contributed by atoms with Gasteiger partial charge < -0.3 is 21.5 Å². The van der Waals surface area contributed by atoms with Gasteiger partial charge in [0.05, 0.1) is 11.7 Å². The summed E-state index contributed by atoms with van der Waals surface area (Å²) in [6.07, 6.45) is 0.592. The minimum atomic E-state index is -4.57. The lowest BCUT2D eigenvalue weighted by Crippen LogP contribution is -2.39. The molecule has 9 N–H and O–H groups in total. The van der Waals surface area contributed by atoms with Gasteiger partial charge in [-0.1, -0.05) is 0 Å². The SMILES string of the molecule is NC[C@@H](O)CNS(=O)(=O)c1ccc(N2CCC[C@H](CN)C2)c(-c2nnn[nH]2)c1S(N)(=O)=O. The lowest BCUT2D eigenvalue weighted by Gasteiger charge is -2.35. The molecule has 3 rings (SSSR count). The van der Waals surface area contributed by atoms with Crippen LogP contribution in [0.1, 0.15) is 12.8 Å². The number of benzene rings is 1. The summed E-state index contributed by atoms with van der Waals surface area (Å²) >= 11 is 0. The largest absolute Gasteiger partial charge is 0.390 e. The predicted octanol–water partition coefficient (Wildman–Crippen LogP) is -2.71. The third-order valence-electron chi connectivity index (χ3n) is 5.23. The Kier molecular flexibility index (Phi) is 7.43. The lowest BCUT2D eigenvalue weighted by molar-refractivity contribution is 0.186. The van der Waals surface area contributed by atoms with Gasteiger partial charge >= 0.3 is 0 Å². The maximum Gasteiger partial charge on any atom is 0.242 e. The highest BCUT2D eigenvalue weighted by molar-refractivity contribution is 7.92. The fourth-order valence-corrected chi connectivity index (χ4v) is 6.32. The summed E-state index contributed by atoms with van der Waals surface area (Å²) in [5.41, 5.74) is 11.5. The van der Waals surface area contributed by atoms with Gasteiger partial charge in [-0.05, 0) is 47.9 Å². The number of primary sulfonamides is 1. The van der Waals surface area contributed by atoms with Gasteiger partial charge in [-0.3, -0.25) is 0 Å². The van der Waals surface area contributed by atoms with E-state index in [1.54, 1.807) is 0 Å². The van der Waals surface area contributed by atoms with Crippen molar-refractivity contribution in [3.8, 4) is 11.4 Å². The number of aromatic amines is 1. The quantitative estimate of drug-likeness (QED) is 0.212. The number of aromatic nitrogens is 4. The number of aliphatic hydroxyl groups excluding tert-OH is 1. The van der Waals surface area contributed by atoms with Crippen molar-refractivity contribution in [3.63, 3.8) is 0 Å². The second-order valence-electron chi connectivity index (χ2n) is 7.51. The van der Waals surface area contributed by atoms with E-state index in [9.17, 15) is 21.9 Å². The highest BCUT2D eigenvalue weighted by Crippen LogP contribution is 2.39. The third kappa shape index (κ3) is 5.22. The number of tetrazole rings is 1. The molecule has 16 heteroatoms. The molecule has 1 aromatic heterocycles. The average Bonchev–Trinajstić information content (AvgIpc) is 3.30. The van der Waals surface area contributed by atoms with Crippen molar-refractivity contribution in [3.05, 3.63) is 12.1 Å². The van der Waals surface area contributed by atoms with Gasteiger partial charge in [0.25, 0.3) is 0 Å². The maximum atomic E-state index is 13.0. The molecular weight excluding hydrogens is 462 g/mol. The topological polar surface area (TPSA) is 236 Å². The zero-order chi connectivity index (χ0) is 23.5. The zero-order valence-corrected chi connectivity index (χ0v) is 18.8. The molecule has 1 saturated heterocycles. The molecule has 32 heavy (non-hydrogen) atoms. The highest BCUT2D eigenvalue weighted by atomic mass is 32.2. The molecule has 0 saturated carbocycles. The molecule has 2 heterocycles. The summed E-state index contributed by atoms with van der Waals surface area (Å²) in [5, 5.41) is 28.4. The van der Waals surface area contributed by atoms with Crippen molar-refractivity contribution >= 4 is 25.7 Å². The Balaban J connectivity index is 2.22. The van der Waals surface area contributed by atoms with Crippen molar-refractivity contribution in [2.24, 2.45) is 22.5 Å². The summed E-state index contributed by atoms with van der Waals surface area (Å²) < 4.78 is 53.4. The first-order chi connectivity index (χ1) is 15.1. The number of nitrogens with two attached hydrogens (primary N) is 3. The van der Waals surface area contributed by atoms with Crippen LogP contribution in [0.15, 0.2) is 21.9 Å². The van der Waals surface area contributed by atoms with Crippen LogP contribution in [0.4, 0.5) is 5.69 Å². The number of hydrogen-bond donors (Lipinski definition) is 6. The fraction of sp³-hybridized carbons (Fsp3) is 0.562. The van der Waals surface area contributed by atoms with Crippen molar-refractivity contribution < 1.29 is 21.9 Å². The molecule has 1 aromatic carbocycles. The Bertz CT molecular complexity index is 1140. The van der Waals surface area contributed by atoms with Crippen LogP contribution in [0.2, 0.25) is 0 Å². The Labute approximate surface area is 185 Å². The molecule has 2 atom stereocenters. The number of H-pyrrole nitrogens is 1. The first-order valence-electron chi connectivity index (χ1n) is 9.85. The number of rotatable bonds is 9. The summed E-state index contributed by atoms with van der Waals surface area (Å²) in [6.45, 7) is 1.01. The molecule has 0 spiro atoms. The molecular formula is C16H27N9O5S2. The van der Waals surface area contributed by atoms with E-state index in [1.807, 2.05) is 4.90 Å². The fourth-order valence-electron chi connectivity index (χ4n) is 3.65. The van der Waals surface area contributed by atoms with E-state index in [4.69, 9.17) is 16.6 Å². The van der Waals surface area contributed by atoms with E-state index in [0.29, 0.717) is 25.3 Å². The Morgan fingerprint density at radius 2 is 2.03 bits per heavy atom. The van der Waals surface area contributed by atoms with Gasteiger partial charge in [0, 0.05) is 31.9 Å². The summed E-state index contributed by atoms with van der Waals surface area (Å²) in [4.78, 5) is 0.667. The van der Waals surface area contributed by atoms with Gasteiger partial charge in [0.1, 0.15) is 9.79 Å². The normalized spacial score (nSPS) is 18.6. The first kappa shape index (κ1) is 24.4. The molecule has 178 valence electrons. The van der Waals surface area contributed by atoms with Gasteiger partial charge in [0.2, 0.25) is 20.0 Å². The van der Waals surface area contributed by atoms with Crippen molar-refractivity contribution in [1.82, 2.24) is 25.3 Å². The minimum absolute atomic E-state index is 0.0575. The summed E-state index contributed by atoms with van der Waals surface area (Å²) in [6, 6.07) is 2.64. The van der Waals surface area contributed by atoms with E-state index < -0.39 is 42.5 Å². The third-order valence-corrected chi connectivity index (χ3v) is 7.82. The van der Waals surface area contributed by atoms with Gasteiger partial charge in [-0.25, -0.2) is 31.8 Å². The molecule has 0 aliphatic carbocycles. The number of nitrogens with zero attached hydrogens (tertiary/aromatic N) is 4. The monoisotopic (exact) mass is 489 g/mol. The molecule has 1 fully saturated rings. The zero-order valence-electron chi connectivity index (χ0n) is 17.2. The first-order valence-corrected chi connectivity index (χ1v) is 12.9. The lowest BCUT2D eigenvalue weighted by atomic mass is 9.97. The van der Waals surface area contributed by atoms with Crippen LogP contribution < -0.4 is 26.2 Å². The van der Waals surface area contributed by atoms with E-state index in [2.05, 4.69) is 25.3 Å². The molecule has 1 aliphatic rings. The van der Waals surface area contributed by atoms with Crippen LogP contribution in [-0.4, -0.2) is 81.4 Å². The number of anilines is 1. The van der Waals surface area contributed by atoms with Gasteiger partial charge in [-0.2, -0.15) is 0 Å². The van der Waals surface area contributed by atoms with Crippen LogP contribution in [0, 0.1) is 5.92 Å². The number of piperidine rings is 1. The molecule has 0 amide bonds. The second kappa shape index (κ2) is 9.74. The van der Waals surface area contributed by atoms with Crippen molar-refractivity contribution in [2.45, 2.75) is 28.7 Å². The molecule has 1 aliphatic heterocycles. The second-order valence-corrected chi connectivity index (χ2v) is 10.7. The van der Waals surface area contributed by atoms with E-state index in [1.165, 1.54) is 6.07 Å². The van der Waals surface area contributed by atoms with Crippen molar-refractivity contribution in [1.29, 1.82) is 0 Å². The van der Waals surface area contributed by atoms with E-state index in [-0.39, 0.29) is 23.9 Å². The van der Waals surface area contributed by atoms with Gasteiger partial charge in [0.15, 0.2) is 5.82 Å². The standard InChI is InChI=1S/C16H27N9O5S2/c17-6-10-2-1-5-25(9-10)12-3-4-13(32(29,30)20-8-11(26)7-18)15(31(19,27)28)14(12)16-21-23-24-22-16/h3-4,10-11,20,26H,1-2,5-9,17-18H2,(H2,19,27,28)(H,21,22,23,24)/t10-,11-/m1/s1. The van der Waals surface area contributed by atoms with Crippen LogP contribution in [0.5, 0.6) is 0 Å². The molecule has 0 unspecified atom stereocenters. The van der Waals surface area contributed by atoms with Crippen LogP contribution in [-0.2, 0) is 20.0 Å². The summed E-state index contributed by atoms with van der Waals surface area (Å²) in [5.74, 6) is 0.128. The van der Waals surface area contributed by atoms with E-state index in [0.717, 1.165) is 18.9 Å². The Morgan fingerprint density at radius 3 is 2.62 bits per heavy atom. The maximum absolute atomic E-state index is 13.0. The smallest absolute Gasteiger partial charge is 0.242 e. The van der Waals surface area contributed by atoms with E-state index >= 15 is 0 Å². The Morgan fingerprint density at radius 1 is 1.28 bits per heavy atom. The summed E-state index contributed by atoms with van der Waals surface area (Å²) in [7, 11) is -8.97. The van der Waals surface area contributed by atoms with Crippen LogP contribution in [0.25, 0.3) is 11.4 Å². The number of sulfonamides is 2. The minimum Gasteiger partial charge on any atom is -0.390 e. The van der Waals surface area contributed by atoms with Crippen LogP contribution >= 0.6 is 0 Å². The van der Waals surface area contributed by atoms with Gasteiger partial charge in [-0.15, -0.1) is 5.10 Å². The number of aliphatic hydroxyl groups is 1. The van der Waals surface area contributed by atoms with Crippen molar-refractivity contribution in [2.75, 3.05) is 37.6 Å². The number of nitrogens with one attached hydrogen (secondary N) is 2. The average molecular weight is 490 g/mol. The number of hydrogen-bond acceptors (Lipinski definition) is 11. The molecule has 0 radical (unpaired) electrons. The molecule has 14 nitrogen and oxygen atoms in total. The molecule has 2 aromatic rings. The molecule has 0 bridgehead atoms. The Hall–Kier alpha value is -2.21. The van der Waals surface area contributed by atoms with Crippen LogP contribution in [0.3, 0.4) is 0 Å². The predicted molar refractivity (Wildman–Crippen MR) is 115 cm³/mol. The highest BCUT2D eigenvalue weighted by Gasteiger charge is 2.34.